The van der Waals surface area contributed by atoms with E-state index in [1.165, 1.54) is 6.07 Å². The van der Waals surface area contributed by atoms with Gasteiger partial charge in [0.15, 0.2) is 0 Å². The molecular weight excluding hydrogens is 204 g/mol. The first kappa shape index (κ1) is 10.7. The molecule has 4 nitrogen and oxygen atoms in total. The van der Waals surface area contributed by atoms with Crippen LogP contribution in [-0.4, -0.2) is 11.6 Å². The number of nitrogens with one attached hydrogen (secondary N) is 1. The molecule has 84 valence electrons. The summed E-state index contributed by atoms with van der Waals surface area (Å²) in [7, 11) is 1.86. The van der Waals surface area contributed by atoms with Gasteiger partial charge in [-0.3, -0.25) is 4.79 Å². The predicted molar refractivity (Wildman–Crippen MR) is 61.3 cm³/mol. The summed E-state index contributed by atoms with van der Waals surface area (Å²) in [6, 6.07) is 8.91. The topological polar surface area (TPSA) is 47.2 Å². The highest BCUT2D eigenvalue weighted by molar-refractivity contribution is 5.08. The monoisotopic (exact) mass is 218 g/mol. The third kappa shape index (κ3) is 2.41. The van der Waals surface area contributed by atoms with E-state index in [0.717, 1.165) is 11.5 Å². The van der Waals surface area contributed by atoms with Crippen molar-refractivity contribution in [2.45, 2.75) is 13.1 Å². The van der Waals surface area contributed by atoms with Crippen molar-refractivity contribution in [2.24, 2.45) is 0 Å². The van der Waals surface area contributed by atoms with E-state index in [0.29, 0.717) is 13.1 Å². The molecule has 2 aromatic rings. The van der Waals surface area contributed by atoms with Crippen molar-refractivity contribution in [3.63, 3.8) is 0 Å². The fourth-order valence-corrected chi connectivity index (χ4v) is 1.54. The summed E-state index contributed by atoms with van der Waals surface area (Å²) in [6.45, 7) is 1.17. The minimum atomic E-state index is -0.0194. The number of hydrogen-bond donors (Lipinski definition) is 1. The lowest BCUT2D eigenvalue weighted by molar-refractivity contribution is 0.442. The minimum Gasteiger partial charge on any atom is -0.463 e. The fraction of sp³-hybridized carbons (Fsp3) is 0.250. The molecule has 0 amide bonds. The maximum absolute atomic E-state index is 11.5. The van der Waals surface area contributed by atoms with E-state index in [1.807, 2.05) is 25.2 Å². The smallest absolute Gasteiger partial charge is 0.250 e. The molecule has 4 heteroatoms. The van der Waals surface area contributed by atoms with Crippen LogP contribution in [0.5, 0.6) is 0 Å². The molecule has 2 heterocycles. The second kappa shape index (κ2) is 4.81. The molecule has 2 rings (SSSR count). The van der Waals surface area contributed by atoms with Gasteiger partial charge in [0.25, 0.3) is 5.56 Å². The van der Waals surface area contributed by atoms with Crippen LogP contribution in [0.2, 0.25) is 0 Å². The summed E-state index contributed by atoms with van der Waals surface area (Å²) < 4.78 is 7.17. The fourth-order valence-electron chi connectivity index (χ4n) is 1.54. The molecule has 16 heavy (non-hydrogen) atoms. The van der Waals surface area contributed by atoms with Gasteiger partial charge in [0.05, 0.1) is 13.1 Å². The van der Waals surface area contributed by atoms with Crippen LogP contribution < -0.4 is 10.9 Å². The first-order valence-electron chi connectivity index (χ1n) is 5.17. The summed E-state index contributed by atoms with van der Waals surface area (Å²) in [5.74, 6) is 1.67. The van der Waals surface area contributed by atoms with Crippen LogP contribution >= 0.6 is 0 Å². The van der Waals surface area contributed by atoms with Crippen molar-refractivity contribution in [3.05, 3.63) is 58.4 Å². The van der Waals surface area contributed by atoms with Crippen molar-refractivity contribution in [2.75, 3.05) is 7.05 Å². The second-order valence-corrected chi connectivity index (χ2v) is 3.57. The van der Waals surface area contributed by atoms with Crippen molar-refractivity contribution in [3.8, 4) is 0 Å². The van der Waals surface area contributed by atoms with E-state index < -0.39 is 0 Å². The number of pyridine rings is 1. The highest BCUT2D eigenvalue weighted by Gasteiger charge is 2.02. The van der Waals surface area contributed by atoms with Crippen LogP contribution in [0.4, 0.5) is 0 Å². The predicted octanol–water partition coefficient (Wildman–Crippen LogP) is 1.21. The Hall–Kier alpha value is -1.81. The molecule has 0 aliphatic heterocycles. The lowest BCUT2D eigenvalue weighted by atomic mass is 10.4. The second-order valence-electron chi connectivity index (χ2n) is 3.57. The maximum Gasteiger partial charge on any atom is 0.250 e. The molecule has 0 bridgehead atoms. The zero-order valence-corrected chi connectivity index (χ0v) is 9.14. The van der Waals surface area contributed by atoms with E-state index >= 15 is 0 Å². The van der Waals surface area contributed by atoms with Gasteiger partial charge in [0.2, 0.25) is 0 Å². The zero-order valence-electron chi connectivity index (χ0n) is 9.14. The summed E-state index contributed by atoms with van der Waals surface area (Å²) in [4.78, 5) is 11.5. The van der Waals surface area contributed by atoms with Crippen molar-refractivity contribution in [1.29, 1.82) is 0 Å². The van der Waals surface area contributed by atoms with Gasteiger partial charge < -0.3 is 14.3 Å². The largest absolute Gasteiger partial charge is 0.463 e. The van der Waals surface area contributed by atoms with E-state index in [4.69, 9.17) is 4.42 Å². The molecule has 0 aliphatic rings. The van der Waals surface area contributed by atoms with Crippen LogP contribution in [0.15, 0.2) is 45.7 Å². The SMILES string of the molecule is CNCc1ccc(Cn2ccccc2=O)o1. The molecule has 0 fully saturated rings. The molecule has 0 saturated carbocycles. The Kier molecular flexibility index (Phi) is 3.22. The molecule has 0 aliphatic carbocycles. The number of rotatable bonds is 4. The normalized spacial score (nSPS) is 10.6. The van der Waals surface area contributed by atoms with Gasteiger partial charge in [-0.2, -0.15) is 0 Å². The molecule has 0 radical (unpaired) electrons. The summed E-state index contributed by atoms with van der Waals surface area (Å²) in [5, 5.41) is 3.01. The number of nitrogens with zero attached hydrogens (tertiary/aromatic N) is 1. The number of hydrogen-bond acceptors (Lipinski definition) is 3. The van der Waals surface area contributed by atoms with E-state index in [-0.39, 0.29) is 5.56 Å². The summed E-state index contributed by atoms with van der Waals surface area (Å²) in [5.41, 5.74) is -0.0194. The van der Waals surface area contributed by atoms with Crippen molar-refractivity contribution in [1.82, 2.24) is 9.88 Å². The van der Waals surface area contributed by atoms with Gasteiger partial charge in [-0.05, 0) is 25.2 Å². The summed E-state index contributed by atoms with van der Waals surface area (Å²) in [6.07, 6.45) is 1.75. The average molecular weight is 218 g/mol. The Labute approximate surface area is 93.5 Å². The Morgan fingerprint density at radius 3 is 2.81 bits per heavy atom. The Balaban J connectivity index is 2.15. The molecule has 0 unspecified atom stereocenters. The third-order valence-electron chi connectivity index (χ3n) is 2.29. The van der Waals surface area contributed by atoms with Crippen molar-refractivity contribution >= 4 is 0 Å². The van der Waals surface area contributed by atoms with Gasteiger partial charge in [0.1, 0.15) is 11.5 Å². The maximum atomic E-state index is 11.5. The number of aromatic nitrogens is 1. The molecule has 2 aromatic heterocycles. The quantitative estimate of drug-likeness (QED) is 0.839. The number of furan rings is 1. The average Bonchev–Trinajstić information content (AvgIpc) is 2.70. The Morgan fingerprint density at radius 2 is 2.06 bits per heavy atom. The Morgan fingerprint density at radius 1 is 1.25 bits per heavy atom. The first-order valence-corrected chi connectivity index (χ1v) is 5.17. The molecule has 0 atom stereocenters. The van der Waals surface area contributed by atoms with Gasteiger partial charge in [0, 0.05) is 12.3 Å². The van der Waals surface area contributed by atoms with Gasteiger partial charge in [-0.25, -0.2) is 0 Å². The molecule has 0 spiro atoms. The standard InChI is InChI=1S/C12H14N2O2/c1-13-8-10-5-6-11(16-10)9-14-7-3-2-4-12(14)15/h2-7,13H,8-9H2,1H3. The highest BCUT2D eigenvalue weighted by atomic mass is 16.3. The minimum absolute atomic E-state index is 0.0194. The van der Waals surface area contributed by atoms with Gasteiger partial charge in [-0.1, -0.05) is 6.07 Å². The van der Waals surface area contributed by atoms with Gasteiger partial charge >= 0.3 is 0 Å². The van der Waals surface area contributed by atoms with E-state index in [2.05, 4.69) is 5.32 Å². The zero-order chi connectivity index (χ0) is 11.4. The molecule has 0 saturated heterocycles. The molecule has 1 N–H and O–H groups in total. The Bertz CT molecular complexity index is 513. The third-order valence-corrected chi connectivity index (χ3v) is 2.29. The van der Waals surface area contributed by atoms with Crippen LogP contribution in [0.25, 0.3) is 0 Å². The van der Waals surface area contributed by atoms with Crippen LogP contribution in [0, 0.1) is 0 Å². The lowest BCUT2D eigenvalue weighted by Crippen LogP contribution is -2.17. The van der Waals surface area contributed by atoms with E-state index in [9.17, 15) is 4.79 Å². The highest BCUT2D eigenvalue weighted by Crippen LogP contribution is 2.08. The van der Waals surface area contributed by atoms with Crippen molar-refractivity contribution < 1.29 is 4.42 Å². The first-order chi connectivity index (χ1) is 7.79. The van der Waals surface area contributed by atoms with Gasteiger partial charge in [-0.15, -0.1) is 0 Å². The summed E-state index contributed by atoms with van der Waals surface area (Å²) >= 11 is 0. The molecular formula is C12H14N2O2. The molecule has 0 aromatic carbocycles. The van der Waals surface area contributed by atoms with Crippen LogP contribution in [0.3, 0.4) is 0 Å². The van der Waals surface area contributed by atoms with Crippen LogP contribution in [-0.2, 0) is 13.1 Å². The van der Waals surface area contributed by atoms with Crippen LogP contribution in [0.1, 0.15) is 11.5 Å². The van der Waals surface area contributed by atoms with E-state index in [1.54, 1.807) is 16.8 Å². The lowest BCUT2D eigenvalue weighted by Gasteiger charge is -2.01.